The van der Waals surface area contributed by atoms with Gasteiger partial charge in [-0.15, -0.1) is 5.10 Å². The lowest BCUT2D eigenvalue weighted by molar-refractivity contribution is 0.0912. The molecule has 1 heterocycles. The number of benzene rings is 1. The van der Waals surface area contributed by atoms with Gasteiger partial charge in [-0.3, -0.25) is 4.79 Å². The van der Waals surface area contributed by atoms with Crippen LogP contribution in [-0.2, 0) is 0 Å². The standard InChI is InChI=1S/C16H20N4O3/c1-23-13-7-5-12(6-8-13)20-10-14(18-19-20)16(22)17-9-11-3-2-4-15(11)21/h5-8,10-11,15,21H,2-4,9H2,1H3,(H,17,22)/t11-,15-/m1/s1. The van der Waals surface area contributed by atoms with Gasteiger partial charge in [0.2, 0.25) is 0 Å². The van der Waals surface area contributed by atoms with E-state index >= 15 is 0 Å². The maximum Gasteiger partial charge on any atom is 0.273 e. The highest BCUT2D eigenvalue weighted by Gasteiger charge is 2.25. The number of hydrogen-bond donors (Lipinski definition) is 2. The molecule has 2 N–H and O–H groups in total. The third kappa shape index (κ3) is 3.50. The van der Waals surface area contributed by atoms with Gasteiger partial charge in [0.15, 0.2) is 5.69 Å². The molecular weight excluding hydrogens is 296 g/mol. The largest absolute Gasteiger partial charge is 0.497 e. The SMILES string of the molecule is COc1ccc(-n2cc(C(=O)NC[C@H]3CCC[C@H]3O)nn2)cc1. The molecule has 122 valence electrons. The van der Waals surface area contributed by atoms with Gasteiger partial charge in [-0.1, -0.05) is 11.6 Å². The van der Waals surface area contributed by atoms with Crippen LogP contribution in [0.25, 0.3) is 5.69 Å². The summed E-state index contributed by atoms with van der Waals surface area (Å²) in [5, 5.41) is 20.5. The second-order valence-corrected chi connectivity index (χ2v) is 5.71. The summed E-state index contributed by atoms with van der Waals surface area (Å²) in [6.07, 6.45) is 4.04. The zero-order valence-electron chi connectivity index (χ0n) is 13.0. The molecule has 1 aliphatic carbocycles. The summed E-state index contributed by atoms with van der Waals surface area (Å²) in [6, 6.07) is 7.31. The fourth-order valence-corrected chi connectivity index (χ4v) is 2.80. The highest BCUT2D eigenvalue weighted by molar-refractivity contribution is 5.91. The zero-order valence-corrected chi connectivity index (χ0v) is 13.0. The molecule has 2 atom stereocenters. The number of nitrogens with one attached hydrogen (secondary N) is 1. The minimum atomic E-state index is -0.315. The Balaban J connectivity index is 1.62. The number of nitrogens with zero attached hydrogens (tertiary/aromatic N) is 3. The third-order valence-electron chi connectivity index (χ3n) is 4.21. The molecule has 1 aliphatic rings. The van der Waals surface area contributed by atoms with Crippen molar-refractivity contribution < 1.29 is 14.6 Å². The van der Waals surface area contributed by atoms with E-state index in [1.54, 1.807) is 18.0 Å². The van der Waals surface area contributed by atoms with Crippen LogP contribution in [0.1, 0.15) is 29.8 Å². The monoisotopic (exact) mass is 316 g/mol. The van der Waals surface area contributed by atoms with Crippen LogP contribution in [0.2, 0.25) is 0 Å². The topological polar surface area (TPSA) is 89.3 Å². The molecule has 1 saturated carbocycles. The third-order valence-corrected chi connectivity index (χ3v) is 4.21. The Morgan fingerprint density at radius 1 is 1.39 bits per heavy atom. The molecule has 0 bridgehead atoms. The van der Waals surface area contributed by atoms with Crippen molar-refractivity contribution in [2.24, 2.45) is 5.92 Å². The number of rotatable bonds is 5. The number of hydrogen-bond acceptors (Lipinski definition) is 5. The summed E-state index contributed by atoms with van der Waals surface area (Å²) in [5.74, 6) is 0.612. The fourth-order valence-electron chi connectivity index (χ4n) is 2.80. The molecule has 3 rings (SSSR count). The first-order chi connectivity index (χ1) is 11.2. The van der Waals surface area contributed by atoms with Gasteiger partial charge >= 0.3 is 0 Å². The average Bonchev–Trinajstić information content (AvgIpc) is 3.22. The van der Waals surface area contributed by atoms with Crippen molar-refractivity contribution in [3.05, 3.63) is 36.2 Å². The maximum atomic E-state index is 12.1. The van der Waals surface area contributed by atoms with E-state index in [1.165, 1.54) is 0 Å². The predicted octanol–water partition coefficient (Wildman–Crippen LogP) is 1.17. The molecule has 0 spiro atoms. The summed E-state index contributed by atoms with van der Waals surface area (Å²) in [5.41, 5.74) is 1.05. The van der Waals surface area contributed by atoms with Gasteiger partial charge in [0, 0.05) is 12.5 Å². The zero-order chi connectivity index (χ0) is 16.2. The van der Waals surface area contributed by atoms with Gasteiger partial charge in [-0.25, -0.2) is 4.68 Å². The maximum absolute atomic E-state index is 12.1. The molecule has 7 heteroatoms. The number of aliphatic hydroxyl groups excluding tert-OH is 1. The van der Waals surface area contributed by atoms with E-state index in [9.17, 15) is 9.90 Å². The minimum absolute atomic E-state index is 0.135. The lowest BCUT2D eigenvalue weighted by Crippen LogP contribution is -2.32. The normalized spacial score (nSPS) is 20.4. The van der Waals surface area contributed by atoms with Crippen molar-refractivity contribution >= 4 is 5.91 Å². The van der Waals surface area contributed by atoms with Gasteiger partial charge in [-0.2, -0.15) is 0 Å². The van der Waals surface area contributed by atoms with E-state index < -0.39 is 0 Å². The first-order valence-electron chi connectivity index (χ1n) is 7.70. The second kappa shape index (κ2) is 6.78. The molecule has 1 aromatic heterocycles. The van der Waals surface area contributed by atoms with Crippen LogP contribution in [0.3, 0.4) is 0 Å². The van der Waals surface area contributed by atoms with E-state index in [-0.39, 0.29) is 23.6 Å². The van der Waals surface area contributed by atoms with Gasteiger partial charge in [0.1, 0.15) is 5.75 Å². The Morgan fingerprint density at radius 2 is 2.17 bits per heavy atom. The fraction of sp³-hybridized carbons (Fsp3) is 0.438. The van der Waals surface area contributed by atoms with Crippen LogP contribution in [0, 0.1) is 5.92 Å². The van der Waals surface area contributed by atoms with Crippen LogP contribution >= 0.6 is 0 Å². The smallest absolute Gasteiger partial charge is 0.273 e. The number of carbonyl (C=O) groups excluding carboxylic acids is 1. The van der Waals surface area contributed by atoms with E-state index in [4.69, 9.17) is 4.74 Å². The molecule has 0 unspecified atom stereocenters. The first-order valence-corrected chi connectivity index (χ1v) is 7.70. The number of aliphatic hydroxyl groups is 1. The van der Waals surface area contributed by atoms with E-state index in [1.807, 2.05) is 24.3 Å². The molecule has 2 aromatic rings. The highest BCUT2D eigenvalue weighted by Crippen LogP contribution is 2.24. The molecular formula is C16H20N4O3. The van der Waals surface area contributed by atoms with Crippen molar-refractivity contribution in [2.75, 3.05) is 13.7 Å². The van der Waals surface area contributed by atoms with Crippen LogP contribution in [-0.4, -0.2) is 45.8 Å². The number of ether oxygens (including phenoxy) is 1. The molecule has 1 fully saturated rings. The van der Waals surface area contributed by atoms with Gasteiger partial charge < -0.3 is 15.2 Å². The second-order valence-electron chi connectivity index (χ2n) is 5.71. The van der Waals surface area contributed by atoms with Crippen molar-refractivity contribution in [1.82, 2.24) is 20.3 Å². The summed E-state index contributed by atoms with van der Waals surface area (Å²) in [6.45, 7) is 0.468. The Morgan fingerprint density at radius 3 is 2.83 bits per heavy atom. The number of amides is 1. The van der Waals surface area contributed by atoms with E-state index in [2.05, 4.69) is 15.6 Å². The lowest BCUT2D eigenvalue weighted by atomic mass is 10.1. The minimum Gasteiger partial charge on any atom is -0.497 e. The lowest BCUT2D eigenvalue weighted by Gasteiger charge is -2.14. The summed E-state index contributed by atoms with van der Waals surface area (Å²) < 4.78 is 6.65. The Labute approximate surface area is 134 Å². The summed E-state index contributed by atoms with van der Waals surface area (Å²) >= 11 is 0. The van der Waals surface area contributed by atoms with Gasteiger partial charge in [0.05, 0.1) is 25.1 Å². The van der Waals surface area contributed by atoms with Crippen LogP contribution < -0.4 is 10.1 Å². The Bertz CT molecular complexity index is 668. The first kappa shape index (κ1) is 15.5. The predicted molar refractivity (Wildman–Crippen MR) is 83.6 cm³/mol. The molecule has 1 aromatic carbocycles. The quantitative estimate of drug-likeness (QED) is 0.864. The van der Waals surface area contributed by atoms with Crippen molar-refractivity contribution in [1.29, 1.82) is 0 Å². The highest BCUT2D eigenvalue weighted by atomic mass is 16.5. The molecule has 0 radical (unpaired) electrons. The Hall–Kier alpha value is -2.41. The average molecular weight is 316 g/mol. The molecule has 0 aliphatic heterocycles. The molecule has 1 amide bonds. The molecule has 0 saturated heterocycles. The summed E-state index contributed by atoms with van der Waals surface area (Å²) in [7, 11) is 1.61. The number of methoxy groups -OCH3 is 1. The van der Waals surface area contributed by atoms with Crippen molar-refractivity contribution in [3.63, 3.8) is 0 Å². The number of aromatic nitrogens is 3. The van der Waals surface area contributed by atoms with Crippen molar-refractivity contribution in [3.8, 4) is 11.4 Å². The number of carbonyl (C=O) groups is 1. The van der Waals surface area contributed by atoms with Crippen LogP contribution in [0.4, 0.5) is 0 Å². The summed E-state index contributed by atoms with van der Waals surface area (Å²) in [4.78, 5) is 12.1. The van der Waals surface area contributed by atoms with Crippen LogP contribution in [0.5, 0.6) is 5.75 Å². The van der Waals surface area contributed by atoms with Gasteiger partial charge in [-0.05, 0) is 37.1 Å². The van der Waals surface area contributed by atoms with Crippen LogP contribution in [0.15, 0.2) is 30.5 Å². The molecule has 7 nitrogen and oxygen atoms in total. The Kier molecular flexibility index (Phi) is 4.57. The van der Waals surface area contributed by atoms with E-state index in [0.717, 1.165) is 30.7 Å². The van der Waals surface area contributed by atoms with E-state index in [0.29, 0.717) is 6.54 Å². The van der Waals surface area contributed by atoms with Crippen molar-refractivity contribution in [2.45, 2.75) is 25.4 Å². The van der Waals surface area contributed by atoms with Gasteiger partial charge in [0.25, 0.3) is 5.91 Å². The molecule has 23 heavy (non-hydrogen) atoms.